The average Bonchev–Trinajstić information content (AvgIpc) is 2.32. The monoisotopic (exact) mass is 224 g/mol. The van der Waals surface area contributed by atoms with Crippen LogP contribution in [0.2, 0.25) is 0 Å². The minimum absolute atomic E-state index is 0.357. The van der Waals surface area contributed by atoms with Crippen LogP contribution in [0.4, 0.5) is 4.39 Å². The molecule has 3 heteroatoms. The normalized spacial score (nSPS) is 30.2. The number of aliphatic hydroxyl groups excluding tert-OH is 1. The molecule has 1 aliphatic rings. The van der Waals surface area contributed by atoms with Crippen molar-refractivity contribution in [1.82, 2.24) is 0 Å². The summed E-state index contributed by atoms with van der Waals surface area (Å²) in [6.07, 6.45) is -0.464. The molecule has 0 saturated heterocycles. The second-order valence-electron chi connectivity index (χ2n) is 4.27. The SMILES string of the molecule is O[C@H]1[C@H](F)CCC[C@@H]1OCc1ccccc1. The van der Waals surface area contributed by atoms with Crippen LogP contribution in [-0.4, -0.2) is 23.5 Å². The van der Waals surface area contributed by atoms with Gasteiger partial charge in [-0.25, -0.2) is 4.39 Å². The molecule has 0 spiro atoms. The van der Waals surface area contributed by atoms with Crippen LogP contribution < -0.4 is 0 Å². The molecule has 1 aromatic rings. The maximum absolute atomic E-state index is 13.2. The molecule has 0 aliphatic heterocycles. The third kappa shape index (κ3) is 2.80. The van der Waals surface area contributed by atoms with E-state index in [0.717, 1.165) is 18.4 Å². The molecule has 0 bridgehead atoms. The van der Waals surface area contributed by atoms with Gasteiger partial charge < -0.3 is 9.84 Å². The van der Waals surface area contributed by atoms with Gasteiger partial charge in [0.15, 0.2) is 0 Å². The number of alkyl halides is 1. The second-order valence-corrected chi connectivity index (χ2v) is 4.27. The number of aliphatic hydroxyl groups is 1. The maximum atomic E-state index is 13.2. The molecule has 2 rings (SSSR count). The van der Waals surface area contributed by atoms with Crippen LogP contribution in [0.25, 0.3) is 0 Å². The number of hydrogen-bond acceptors (Lipinski definition) is 2. The molecular weight excluding hydrogens is 207 g/mol. The molecule has 0 unspecified atom stereocenters. The fourth-order valence-electron chi connectivity index (χ4n) is 2.05. The van der Waals surface area contributed by atoms with E-state index in [1.807, 2.05) is 30.3 Å². The molecule has 0 radical (unpaired) electrons. The van der Waals surface area contributed by atoms with Gasteiger partial charge in [-0.05, 0) is 24.8 Å². The van der Waals surface area contributed by atoms with E-state index in [4.69, 9.17) is 4.74 Å². The Morgan fingerprint density at radius 3 is 2.75 bits per heavy atom. The summed E-state index contributed by atoms with van der Waals surface area (Å²) in [4.78, 5) is 0. The lowest BCUT2D eigenvalue weighted by molar-refractivity contribution is -0.0971. The van der Waals surface area contributed by atoms with Crippen molar-refractivity contribution in [3.8, 4) is 0 Å². The van der Waals surface area contributed by atoms with Gasteiger partial charge in [-0.3, -0.25) is 0 Å². The van der Waals surface area contributed by atoms with Crippen molar-refractivity contribution in [2.24, 2.45) is 0 Å². The lowest BCUT2D eigenvalue weighted by Gasteiger charge is -2.30. The lowest BCUT2D eigenvalue weighted by atomic mass is 9.93. The summed E-state index contributed by atoms with van der Waals surface area (Å²) in [7, 11) is 0. The van der Waals surface area contributed by atoms with Crippen LogP contribution in [0.5, 0.6) is 0 Å². The summed E-state index contributed by atoms with van der Waals surface area (Å²) in [5, 5.41) is 9.62. The zero-order chi connectivity index (χ0) is 11.4. The second kappa shape index (κ2) is 5.41. The first kappa shape index (κ1) is 11.6. The van der Waals surface area contributed by atoms with Gasteiger partial charge in [-0.2, -0.15) is 0 Å². The van der Waals surface area contributed by atoms with Gasteiger partial charge in [0.25, 0.3) is 0 Å². The van der Waals surface area contributed by atoms with Crippen molar-refractivity contribution < 1.29 is 14.2 Å². The standard InChI is InChI=1S/C13H17FO2/c14-11-7-4-8-12(13(11)15)16-9-10-5-2-1-3-6-10/h1-3,5-6,11-13,15H,4,7-9H2/t11-,12+,13+/m1/s1. The highest BCUT2D eigenvalue weighted by Gasteiger charge is 2.32. The Balaban J connectivity index is 1.85. The van der Waals surface area contributed by atoms with Gasteiger partial charge in [-0.15, -0.1) is 0 Å². The van der Waals surface area contributed by atoms with Crippen LogP contribution in [-0.2, 0) is 11.3 Å². The summed E-state index contributed by atoms with van der Waals surface area (Å²) in [5.41, 5.74) is 1.05. The molecule has 0 aromatic heterocycles. The van der Waals surface area contributed by atoms with E-state index in [1.54, 1.807) is 0 Å². The van der Waals surface area contributed by atoms with Crippen LogP contribution in [0.1, 0.15) is 24.8 Å². The van der Waals surface area contributed by atoms with E-state index in [-0.39, 0.29) is 6.10 Å². The van der Waals surface area contributed by atoms with Crippen LogP contribution in [0, 0.1) is 0 Å². The number of hydrogen-bond donors (Lipinski definition) is 1. The van der Waals surface area contributed by atoms with E-state index < -0.39 is 12.3 Å². The molecule has 1 aromatic carbocycles. The maximum Gasteiger partial charge on any atom is 0.128 e. The predicted octanol–water partition coefficient (Wildman–Crippen LogP) is 2.45. The highest BCUT2D eigenvalue weighted by molar-refractivity contribution is 5.13. The number of halogens is 1. The van der Waals surface area contributed by atoms with Crippen LogP contribution >= 0.6 is 0 Å². The van der Waals surface area contributed by atoms with E-state index in [9.17, 15) is 9.50 Å². The highest BCUT2D eigenvalue weighted by atomic mass is 19.1. The lowest BCUT2D eigenvalue weighted by Crippen LogP contribution is -2.40. The fraction of sp³-hybridized carbons (Fsp3) is 0.538. The zero-order valence-corrected chi connectivity index (χ0v) is 9.18. The van der Waals surface area contributed by atoms with Crippen molar-refractivity contribution in [3.05, 3.63) is 35.9 Å². The molecule has 0 heterocycles. The Hall–Kier alpha value is -0.930. The van der Waals surface area contributed by atoms with E-state index in [2.05, 4.69) is 0 Å². The number of ether oxygens (including phenoxy) is 1. The quantitative estimate of drug-likeness (QED) is 0.854. The third-order valence-corrected chi connectivity index (χ3v) is 3.03. The summed E-state index contributed by atoms with van der Waals surface area (Å²) < 4.78 is 18.8. The number of rotatable bonds is 3. The van der Waals surface area contributed by atoms with Gasteiger partial charge in [0.05, 0.1) is 12.7 Å². The summed E-state index contributed by atoms with van der Waals surface area (Å²) in [6.45, 7) is 0.440. The van der Waals surface area contributed by atoms with Crippen molar-refractivity contribution in [2.75, 3.05) is 0 Å². The fourth-order valence-corrected chi connectivity index (χ4v) is 2.05. The smallest absolute Gasteiger partial charge is 0.128 e. The molecule has 0 amide bonds. The summed E-state index contributed by atoms with van der Waals surface area (Å²) in [5.74, 6) is 0. The Kier molecular flexibility index (Phi) is 3.91. The first-order valence-electron chi connectivity index (χ1n) is 5.75. The molecule has 1 N–H and O–H groups in total. The Bertz CT molecular complexity index is 315. The molecule has 3 atom stereocenters. The molecule has 2 nitrogen and oxygen atoms in total. The third-order valence-electron chi connectivity index (χ3n) is 3.03. The van der Waals surface area contributed by atoms with Crippen molar-refractivity contribution in [3.63, 3.8) is 0 Å². The average molecular weight is 224 g/mol. The van der Waals surface area contributed by atoms with Gasteiger partial charge >= 0.3 is 0 Å². The predicted molar refractivity (Wildman–Crippen MR) is 59.8 cm³/mol. The first-order valence-corrected chi connectivity index (χ1v) is 5.75. The summed E-state index contributed by atoms with van der Waals surface area (Å²) >= 11 is 0. The van der Waals surface area contributed by atoms with E-state index in [1.165, 1.54) is 0 Å². The Labute approximate surface area is 95.1 Å². The highest BCUT2D eigenvalue weighted by Crippen LogP contribution is 2.24. The minimum atomic E-state index is -1.13. The molecule has 1 fully saturated rings. The van der Waals surface area contributed by atoms with Crippen LogP contribution in [0.3, 0.4) is 0 Å². The Morgan fingerprint density at radius 1 is 1.25 bits per heavy atom. The molecule has 1 aliphatic carbocycles. The van der Waals surface area contributed by atoms with Gasteiger partial charge in [0, 0.05) is 0 Å². The summed E-state index contributed by atoms with van der Waals surface area (Å²) in [6, 6.07) is 9.74. The first-order chi connectivity index (χ1) is 7.77. The van der Waals surface area contributed by atoms with Crippen LogP contribution in [0.15, 0.2) is 30.3 Å². The topological polar surface area (TPSA) is 29.5 Å². The number of benzene rings is 1. The van der Waals surface area contributed by atoms with Gasteiger partial charge in [-0.1, -0.05) is 30.3 Å². The molecule has 88 valence electrons. The molecular formula is C13H17FO2. The van der Waals surface area contributed by atoms with Crippen molar-refractivity contribution in [1.29, 1.82) is 0 Å². The Morgan fingerprint density at radius 2 is 2.00 bits per heavy atom. The minimum Gasteiger partial charge on any atom is -0.387 e. The van der Waals surface area contributed by atoms with E-state index in [0.29, 0.717) is 13.0 Å². The zero-order valence-electron chi connectivity index (χ0n) is 9.18. The van der Waals surface area contributed by atoms with Crippen molar-refractivity contribution in [2.45, 2.75) is 44.2 Å². The van der Waals surface area contributed by atoms with E-state index >= 15 is 0 Å². The van der Waals surface area contributed by atoms with Crippen molar-refractivity contribution >= 4 is 0 Å². The molecule has 16 heavy (non-hydrogen) atoms. The van der Waals surface area contributed by atoms with Gasteiger partial charge in [0.2, 0.25) is 0 Å². The largest absolute Gasteiger partial charge is 0.387 e. The molecule has 1 saturated carbocycles. The van der Waals surface area contributed by atoms with Gasteiger partial charge in [0.1, 0.15) is 12.3 Å².